The standard InChI is InChI=1S/C22H27N5O/c1-15(2)12-16-13-20(26-25-16)22(28)24-19-6-7-21(27-10-4-3-5-11-27)17-8-9-23-14-18(17)19/h6-9,13-15H,3-5,10-12H2,1-2H3,(H,24,28)(H,25,26). The van der Waals surface area contributed by atoms with Crippen molar-refractivity contribution in [1.82, 2.24) is 15.2 Å². The van der Waals surface area contributed by atoms with Crippen LogP contribution in [0.5, 0.6) is 0 Å². The Kier molecular flexibility index (Phi) is 5.28. The van der Waals surface area contributed by atoms with E-state index in [0.717, 1.165) is 41.7 Å². The zero-order chi connectivity index (χ0) is 19.5. The van der Waals surface area contributed by atoms with Gasteiger partial charge in [0.05, 0.1) is 5.69 Å². The van der Waals surface area contributed by atoms with E-state index in [1.54, 1.807) is 0 Å². The fourth-order valence-electron chi connectivity index (χ4n) is 3.90. The third-order valence-corrected chi connectivity index (χ3v) is 5.23. The number of fused-ring (bicyclic) bond motifs is 1. The lowest BCUT2D eigenvalue weighted by Crippen LogP contribution is -2.29. The van der Waals surface area contributed by atoms with E-state index in [4.69, 9.17) is 0 Å². The Morgan fingerprint density at radius 1 is 1.18 bits per heavy atom. The lowest BCUT2D eigenvalue weighted by molar-refractivity contribution is 0.102. The minimum atomic E-state index is -0.206. The van der Waals surface area contributed by atoms with Crippen LogP contribution in [0.25, 0.3) is 10.8 Å². The number of benzene rings is 1. The number of hydrogen-bond acceptors (Lipinski definition) is 4. The van der Waals surface area contributed by atoms with Gasteiger partial charge in [-0.25, -0.2) is 0 Å². The van der Waals surface area contributed by atoms with Crippen molar-refractivity contribution >= 4 is 28.1 Å². The number of carbonyl (C=O) groups is 1. The summed E-state index contributed by atoms with van der Waals surface area (Å²) in [7, 11) is 0. The van der Waals surface area contributed by atoms with Crippen LogP contribution in [-0.4, -0.2) is 34.2 Å². The highest BCUT2D eigenvalue weighted by molar-refractivity contribution is 6.10. The van der Waals surface area contributed by atoms with Gasteiger partial charge in [-0.3, -0.25) is 14.9 Å². The summed E-state index contributed by atoms with van der Waals surface area (Å²) in [6, 6.07) is 7.95. The fraction of sp³-hybridized carbons (Fsp3) is 0.409. The van der Waals surface area contributed by atoms with Gasteiger partial charge in [-0.15, -0.1) is 0 Å². The van der Waals surface area contributed by atoms with Gasteiger partial charge in [0.1, 0.15) is 0 Å². The maximum absolute atomic E-state index is 12.7. The summed E-state index contributed by atoms with van der Waals surface area (Å²) in [5, 5.41) is 12.2. The van der Waals surface area contributed by atoms with Crippen LogP contribution in [-0.2, 0) is 6.42 Å². The normalized spacial score (nSPS) is 14.6. The first-order valence-corrected chi connectivity index (χ1v) is 10.1. The molecule has 3 heterocycles. The Hall–Kier alpha value is -2.89. The molecule has 1 aliphatic heterocycles. The molecule has 0 unspecified atom stereocenters. The molecule has 0 radical (unpaired) electrons. The number of piperidine rings is 1. The number of H-pyrrole nitrogens is 1. The molecule has 0 spiro atoms. The summed E-state index contributed by atoms with van der Waals surface area (Å²) < 4.78 is 0. The fourth-order valence-corrected chi connectivity index (χ4v) is 3.90. The van der Waals surface area contributed by atoms with E-state index in [2.05, 4.69) is 45.3 Å². The van der Waals surface area contributed by atoms with Crippen LogP contribution < -0.4 is 10.2 Å². The SMILES string of the molecule is CC(C)Cc1cc(C(=O)Nc2ccc(N3CCCCC3)c3ccncc23)n[nH]1. The maximum atomic E-state index is 12.7. The quantitative estimate of drug-likeness (QED) is 0.691. The third kappa shape index (κ3) is 3.86. The van der Waals surface area contributed by atoms with Crippen molar-refractivity contribution in [2.75, 3.05) is 23.3 Å². The zero-order valence-electron chi connectivity index (χ0n) is 16.5. The van der Waals surface area contributed by atoms with Crippen LogP contribution >= 0.6 is 0 Å². The number of rotatable bonds is 5. The molecule has 2 N–H and O–H groups in total. The predicted molar refractivity (Wildman–Crippen MR) is 113 cm³/mol. The lowest BCUT2D eigenvalue weighted by Gasteiger charge is -2.30. The molecule has 6 nitrogen and oxygen atoms in total. The van der Waals surface area contributed by atoms with Crippen molar-refractivity contribution in [3.8, 4) is 0 Å². The molecular formula is C22H27N5O. The topological polar surface area (TPSA) is 73.9 Å². The smallest absolute Gasteiger partial charge is 0.276 e. The molecule has 1 fully saturated rings. The molecule has 4 rings (SSSR count). The Balaban J connectivity index is 1.60. The largest absolute Gasteiger partial charge is 0.371 e. The number of amides is 1. The van der Waals surface area contributed by atoms with Gasteiger partial charge in [-0.1, -0.05) is 13.8 Å². The van der Waals surface area contributed by atoms with Gasteiger partial charge in [-0.2, -0.15) is 5.10 Å². The van der Waals surface area contributed by atoms with Crippen LogP contribution in [0.15, 0.2) is 36.7 Å². The molecule has 0 aliphatic carbocycles. The van der Waals surface area contributed by atoms with Gasteiger partial charge in [0.15, 0.2) is 5.69 Å². The van der Waals surface area contributed by atoms with E-state index >= 15 is 0 Å². The molecule has 0 saturated carbocycles. The van der Waals surface area contributed by atoms with Crippen molar-refractivity contribution < 1.29 is 4.79 Å². The summed E-state index contributed by atoms with van der Waals surface area (Å²) in [5.74, 6) is 0.302. The van der Waals surface area contributed by atoms with E-state index in [1.807, 2.05) is 30.6 Å². The Morgan fingerprint density at radius 3 is 2.79 bits per heavy atom. The second-order valence-corrected chi connectivity index (χ2v) is 7.93. The minimum absolute atomic E-state index is 0.206. The monoisotopic (exact) mass is 377 g/mol. The number of aromatic amines is 1. The summed E-state index contributed by atoms with van der Waals surface area (Å²) in [5.41, 5.74) is 3.37. The highest BCUT2D eigenvalue weighted by Crippen LogP contribution is 2.33. The molecule has 1 amide bonds. The minimum Gasteiger partial charge on any atom is -0.371 e. The molecule has 2 aromatic heterocycles. The van der Waals surface area contributed by atoms with Crippen molar-refractivity contribution in [3.05, 3.63) is 48.0 Å². The van der Waals surface area contributed by atoms with Gasteiger partial charge >= 0.3 is 0 Å². The second kappa shape index (κ2) is 8.00. The van der Waals surface area contributed by atoms with Crippen molar-refractivity contribution in [2.24, 2.45) is 5.92 Å². The van der Waals surface area contributed by atoms with Crippen LogP contribution in [0.4, 0.5) is 11.4 Å². The van der Waals surface area contributed by atoms with Crippen molar-refractivity contribution in [1.29, 1.82) is 0 Å². The Morgan fingerprint density at radius 2 is 2.00 bits per heavy atom. The van der Waals surface area contributed by atoms with Crippen LogP contribution in [0.2, 0.25) is 0 Å². The summed E-state index contributed by atoms with van der Waals surface area (Å²) >= 11 is 0. The lowest BCUT2D eigenvalue weighted by atomic mass is 10.0. The summed E-state index contributed by atoms with van der Waals surface area (Å²) in [6.07, 6.45) is 8.26. The van der Waals surface area contributed by atoms with E-state index in [1.165, 1.54) is 24.9 Å². The summed E-state index contributed by atoms with van der Waals surface area (Å²) in [6.45, 7) is 6.44. The molecule has 1 saturated heterocycles. The van der Waals surface area contributed by atoms with Gasteiger partial charge in [0.25, 0.3) is 5.91 Å². The van der Waals surface area contributed by atoms with Gasteiger partial charge in [0.2, 0.25) is 0 Å². The first-order chi connectivity index (χ1) is 13.6. The highest BCUT2D eigenvalue weighted by atomic mass is 16.1. The average molecular weight is 377 g/mol. The molecular weight excluding hydrogens is 350 g/mol. The van der Waals surface area contributed by atoms with Crippen LogP contribution in [0, 0.1) is 5.92 Å². The molecule has 1 aliphatic rings. The van der Waals surface area contributed by atoms with E-state index in [9.17, 15) is 4.79 Å². The number of nitrogens with one attached hydrogen (secondary N) is 2. The van der Waals surface area contributed by atoms with Crippen LogP contribution in [0.3, 0.4) is 0 Å². The highest BCUT2D eigenvalue weighted by Gasteiger charge is 2.17. The number of anilines is 2. The van der Waals surface area contributed by atoms with Crippen molar-refractivity contribution in [2.45, 2.75) is 39.5 Å². The first-order valence-electron chi connectivity index (χ1n) is 10.1. The average Bonchev–Trinajstić information content (AvgIpc) is 3.17. The first kappa shape index (κ1) is 18.5. The van der Waals surface area contributed by atoms with Crippen molar-refractivity contribution in [3.63, 3.8) is 0 Å². The van der Waals surface area contributed by atoms with Crippen LogP contribution in [0.1, 0.15) is 49.3 Å². The predicted octanol–water partition coefficient (Wildman–Crippen LogP) is 4.40. The maximum Gasteiger partial charge on any atom is 0.276 e. The molecule has 28 heavy (non-hydrogen) atoms. The molecule has 0 atom stereocenters. The molecule has 0 bridgehead atoms. The number of nitrogens with zero attached hydrogens (tertiary/aromatic N) is 3. The molecule has 6 heteroatoms. The Bertz CT molecular complexity index is 972. The van der Waals surface area contributed by atoms with Gasteiger partial charge in [-0.05, 0) is 55.9 Å². The number of carbonyl (C=O) groups excluding carboxylic acids is 1. The van der Waals surface area contributed by atoms with E-state index in [0.29, 0.717) is 11.6 Å². The van der Waals surface area contributed by atoms with Gasteiger partial charge < -0.3 is 10.2 Å². The summed E-state index contributed by atoms with van der Waals surface area (Å²) in [4.78, 5) is 19.4. The zero-order valence-corrected chi connectivity index (χ0v) is 16.5. The molecule has 3 aromatic rings. The molecule has 1 aromatic carbocycles. The number of pyridine rings is 1. The Labute approximate surface area is 165 Å². The van der Waals surface area contributed by atoms with E-state index in [-0.39, 0.29) is 5.91 Å². The van der Waals surface area contributed by atoms with E-state index < -0.39 is 0 Å². The second-order valence-electron chi connectivity index (χ2n) is 7.93. The molecule has 146 valence electrons. The number of hydrogen-bond donors (Lipinski definition) is 2. The van der Waals surface area contributed by atoms with Gasteiger partial charge in [0, 0.05) is 47.6 Å². The number of aromatic nitrogens is 3. The third-order valence-electron chi connectivity index (χ3n) is 5.23.